The second kappa shape index (κ2) is 4.22. The summed E-state index contributed by atoms with van der Waals surface area (Å²) in [4.78, 5) is 0. The highest BCUT2D eigenvalue weighted by molar-refractivity contribution is 5.74. The maximum Gasteiger partial charge on any atom is -0.00551 e. The van der Waals surface area contributed by atoms with Crippen LogP contribution in [0.25, 0.3) is 5.57 Å². The molecule has 15 heavy (non-hydrogen) atoms. The third kappa shape index (κ3) is 2.14. The molecule has 0 saturated heterocycles. The molecule has 0 bridgehead atoms. The van der Waals surface area contributed by atoms with Crippen molar-refractivity contribution < 1.29 is 0 Å². The van der Waals surface area contributed by atoms with Crippen molar-refractivity contribution in [3.63, 3.8) is 0 Å². The topological polar surface area (TPSA) is 0 Å². The van der Waals surface area contributed by atoms with Gasteiger partial charge in [0.1, 0.15) is 0 Å². The summed E-state index contributed by atoms with van der Waals surface area (Å²) in [5, 5.41) is 0. The Morgan fingerprint density at radius 1 is 1.20 bits per heavy atom. The van der Waals surface area contributed by atoms with E-state index in [2.05, 4.69) is 45.0 Å². The van der Waals surface area contributed by atoms with E-state index in [9.17, 15) is 0 Å². The lowest BCUT2D eigenvalue weighted by Gasteiger charge is -2.06. The Kier molecular flexibility index (Phi) is 2.95. The van der Waals surface area contributed by atoms with Crippen LogP contribution >= 0.6 is 0 Å². The number of benzene rings is 1. The van der Waals surface area contributed by atoms with E-state index < -0.39 is 0 Å². The normalized spacial score (nSPS) is 14.9. The summed E-state index contributed by atoms with van der Waals surface area (Å²) in [7, 11) is 0. The zero-order valence-corrected chi connectivity index (χ0v) is 10.0. The molecule has 0 aromatic heterocycles. The quantitative estimate of drug-likeness (QED) is 0.676. The van der Waals surface area contributed by atoms with Crippen LogP contribution in [-0.4, -0.2) is 0 Å². The van der Waals surface area contributed by atoms with E-state index in [0.29, 0.717) is 0 Å². The molecule has 0 N–H and O–H groups in total. The van der Waals surface area contributed by atoms with Gasteiger partial charge in [-0.2, -0.15) is 0 Å². The van der Waals surface area contributed by atoms with E-state index in [-0.39, 0.29) is 0 Å². The van der Waals surface area contributed by atoms with Crippen LogP contribution < -0.4 is 0 Å². The smallest absolute Gasteiger partial charge is 0.00551 e. The van der Waals surface area contributed by atoms with Crippen molar-refractivity contribution in [3.05, 3.63) is 41.0 Å². The molecule has 0 radical (unpaired) electrons. The van der Waals surface area contributed by atoms with Crippen molar-refractivity contribution in [1.82, 2.24) is 0 Å². The summed E-state index contributed by atoms with van der Waals surface area (Å²) < 4.78 is 0. The zero-order chi connectivity index (χ0) is 10.8. The molecule has 0 unspecified atom stereocenters. The van der Waals surface area contributed by atoms with Crippen LogP contribution in [0.2, 0.25) is 0 Å². The second-order valence-electron chi connectivity index (χ2n) is 4.99. The summed E-state index contributed by atoms with van der Waals surface area (Å²) in [5.74, 6) is 0.814. The molecule has 1 aromatic carbocycles. The monoisotopic (exact) mass is 200 g/mol. The summed E-state index contributed by atoms with van der Waals surface area (Å²) in [6, 6.07) is 8.82. The predicted molar refractivity (Wildman–Crippen MR) is 66.8 cm³/mol. The van der Waals surface area contributed by atoms with Crippen molar-refractivity contribution in [2.45, 2.75) is 40.0 Å². The highest BCUT2D eigenvalue weighted by atomic mass is 14.2. The molecule has 1 aromatic rings. The first-order chi connectivity index (χ1) is 7.18. The molecular formula is C15H20. The maximum atomic E-state index is 2.30. The lowest BCUT2D eigenvalue weighted by Crippen LogP contribution is -1.91. The van der Waals surface area contributed by atoms with Gasteiger partial charge in [0.25, 0.3) is 0 Å². The molecule has 2 rings (SSSR count). The van der Waals surface area contributed by atoms with Crippen LogP contribution in [-0.2, 0) is 6.42 Å². The lowest BCUT2D eigenvalue weighted by atomic mass is 10.00. The van der Waals surface area contributed by atoms with Gasteiger partial charge in [0, 0.05) is 0 Å². The van der Waals surface area contributed by atoms with Crippen LogP contribution in [0, 0.1) is 5.92 Å². The van der Waals surface area contributed by atoms with Gasteiger partial charge in [-0.1, -0.05) is 43.7 Å². The van der Waals surface area contributed by atoms with Crippen LogP contribution in [0.4, 0.5) is 0 Å². The minimum absolute atomic E-state index is 0.814. The average molecular weight is 200 g/mol. The largest absolute Gasteiger partial charge is 0.0628 e. The SMILES string of the molecule is CC1=C(CCC(C)C)Cc2ccccc21. The van der Waals surface area contributed by atoms with E-state index >= 15 is 0 Å². The van der Waals surface area contributed by atoms with E-state index in [1.54, 1.807) is 5.57 Å². The molecule has 0 saturated carbocycles. The summed E-state index contributed by atoms with van der Waals surface area (Å²) in [6.45, 7) is 6.89. The fourth-order valence-corrected chi connectivity index (χ4v) is 2.33. The Hall–Kier alpha value is -1.04. The molecular weight excluding hydrogens is 180 g/mol. The fourth-order valence-electron chi connectivity index (χ4n) is 2.33. The van der Waals surface area contributed by atoms with Crippen molar-refractivity contribution in [2.24, 2.45) is 5.92 Å². The van der Waals surface area contributed by atoms with Crippen LogP contribution in [0.1, 0.15) is 44.7 Å². The highest BCUT2D eigenvalue weighted by Gasteiger charge is 2.17. The predicted octanol–water partition coefficient (Wildman–Crippen LogP) is 4.45. The van der Waals surface area contributed by atoms with Gasteiger partial charge in [0.15, 0.2) is 0 Å². The molecule has 1 aliphatic carbocycles. The number of fused-ring (bicyclic) bond motifs is 1. The fraction of sp³-hybridized carbons (Fsp3) is 0.467. The Balaban J connectivity index is 2.15. The number of rotatable bonds is 3. The highest BCUT2D eigenvalue weighted by Crippen LogP contribution is 2.34. The maximum absolute atomic E-state index is 2.30. The Morgan fingerprint density at radius 2 is 1.93 bits per heavy atom. The molecule has 0 heterocycles. The van der Waals surface area contributed by atoms with Gasteiger partial charge in [0.05, 0.1) is 0 Å². The molecule has 0 amide bonds. The van der Waals surface area contributed by atoms with E-state index in [0.717, 1.165) is 5.92 Å². The van der Waals surface area contributed by atoms with Crippen molar-refractivity contribution in [3.8, 4) is 0 Å². The van der Waals surface area contributed by atoms with Gasteiger partial charge < -0.3 is 0 Å². The first-order valence-corrected chi connectivity index (χ1v) is 5.95. The Labute approximate surface area is 93.0 Å². The third-order valence-corrected chi connectivity index (χ3v) is 3.38. The lowest BCUT2D eigenvalue weighted by molar-refractivity contribution is 0.582. The number of hydrogen-bond donors (Lipinski definition) is 0. The minimum atomic E-state index is 0.814. The van der Waals surface area contributed by atoms with E-state index in [1.807, 2.05) is 0 Å². The molecule has 80 valence electrons. The average Bonchev–Trinajstić information content (AvgIpc) is 2.54. The van der Waals surface area contributed by atoms with Gasteiger partial charge >= 0.3 is 0 Å². The number of hydrogen-bond acceptors (Lipinski definition) is 0. The molecule has 0 atom stereocenters. The molecule has 0 spiro atoms. The van der Waals surface area contributed by atoms with E-state index in [1.165, 1.54) is 36.0 Å². The van der Waals surface area contributed by atoms with Crippen LogP contribution in [0.3, 0.4) is 0 Å². The molecule has 0 fully saturated rings. The molecule has 0 aliphatic heterocycles. The first kappa shape index (κ1) is 10.5. The zero-order valence-electron chi connectivity index (χ0n) is 10.0. The summed E-state index contributed by atoms with van der Waals surface area (Å²) in [5.41, 5.74) is 6.20. The van der Waals surface area contributed by atoms with E-state index in [4.69, 9.17) is 0 Å². The number of allylic oxidation sites excluding steroid dienone is 2. The summed E-state index contributed by atoms with van der Waals surface area (Å²) in [6.07, 6.45) is 3.79. The van der Waals surface area contributed by atoms with Gasteiger partial charge in [0.2, 0.25) is 0 Å². The van der Waals surface area contributed by atoms with Crippen molar-refractivity contribution in [2.75, 3.05) is 0 Å². The second-order valence-corrected chi connectivity index (χ2v) is 4.99. The minimum Gasteiger partial charge on any atom is -0.0628 e. The van der Waals surface area contributed by atoms with Gasteiger partial charge in [-0.3, -0.25) is 0 Å². The van der Waals surface area contributed by atoms with Gasteiger partial charge in [-0.05, 0) is 48.8 Å². The van der Waals surface area contributed by atoms with Gasteiger partial charge in [-0.25, -0.2) is 0 Å². The standard InChI is InChI=1S/C15H20/c1-11(2)8-9-13-10-14-6-4-5-7-15(14)12(13)3/h4-7,11H,8-10H2,1-3H3. The van der Waals surface area contributed by atoms with Crippen LogP contribution in [0.15, 0.2) is 29.8 Å². The Bertz CT molecular complexity index is 383. The molecule has 0 nitrogen and oxygen atoms in total. The summed E-state index contributed by atoms with van der Waals surface area (Å²) >= 11 is 0. The Morgan fingerprint density at radius 3 is 2.60 bits per heavy atom. The first-order valence-electron chi connectivity index (χ1n) is 5.95. The van der Waals surface area contributed by atoms with Gasteiger partial charge in [-0.15, -0.1) is 0 Å². The molecule has 1 aliphatic rings. The molecule has 0 heteroatoms. The third-order valence-electron chi connectivity index (χ3n) is 3.38. The van der Waals surface area contributed by atoms with Crippen LogP contribution in [0.5, 0.6) is 0 Å². The van der Waals surface area contributed by atoms with Crippen molar-refractivity contribution >= 4 is 5.57 Å². The van der Waals surface area contributed by atoms with Crippen molar-refractivity contribution in [1.29, 1.82) is 0 Å².